The van der Waals surface area contributed by atoms with Gasteiger partial charge in [0.1, 0.15) is 0 Å². The predicted molar refractivity (Wildman–Crippen MR) is 119 cm³/mol. The van der Waals surface area contributed by atoms with Gasteiger partial charge in [-0.15, -0.1) is 0 Å². The quantitative estimate of drug-likeness (QED) is 0.569. The third-order valence-corrected chi connectivity index (χ3v) is 7.04. The van der Waals surface area contributed by atoms with Crippen molar-refractivity contribution in [1.29, 1.82) is 0 Å². The van der Waals surface area contributed by atoms with Gasteiger partial charge in [-0.3, -0.25) is 4.79 Å². The SMILES string of the molecule is CS(=O)(=O)c1ccc(-c2cnn(-c3cccc(Cl)c3)c(=O)c2C2CCCCC2)cc1. The first-order valence-corrected chi connectivity index (χ1v) is 12.3. The van der Waals surface area contributed by atoms with Crippen LogP contribution in [0.1, 0.15) is 43.6 Å². The smallest absolute Gasteiger partial charge is 0.267 e. The van der Waals surface area contributed by atoms with Gasteiger partial charge >= 0.3 is 0 Å². The second-order valence-electron chi connectivity index (χ2n) is 7.80. The van der Waals surface area contributed by atoms with Crippen LogP contribution >= 0.6 is 11.6 Å². The summed E-state index contributed by atoms with van der Waals surface area (Å²) in [5.41, 5.74) is 2.80. The van der Waals surface area contributed by atoms with Gasteiger partial charge < -0.3 is 0 Å². The van der Waals surface area contributed by atoms with Crippen LogP contribution in [0.3, 0.4) is 0 Å². The predicted octanol–water partition coefficient (Wildman–Crippen LogP) is 5.00. The van der Waals surface area contributed by atoms with Crippen LogP contribution in [0.25, 0.3) is 16.8 Å². The molecule has 1 heterocycles. The van der Waals surface area contributed by atoms with E-state index >= 15 is 0 Å². The molecule has 0 saturated heterocycles. The number of hydrogen-bond acceptors (Lipinski definition) is 4. The first-order chi connectivity index (χ1) is 14.3. The monoisotopic (exact) mass is 442 g/mol. The Morgan fingerprint density at radius 1 is 1.03 bits per heavy atom. The van der Waals surface area contributed by atoms with E-state index in [-0.39, 0.29) is 16.4 Å². The van der Waals surface area contributed by atoms with Crippen molar-refractivity contribution in [2.45, 2.75) is 42.9 Å². The van der Waals surface area contributed by atoms with E-state index in [9.17, 15) is 13.2 Å². The van der Waals surface area contributed by atoms with E-state index in [1.54, 1.807) is 48.7 Å². The molecule has 30 heavy (non-hydrogen) atoms. The van der Waals surface area contributed by atoms with Gasteiger partial charge in [0.15, 0.2) is 9.84 Å². The highest BCUT2D eigenvalue weighted by Gasteiger charge is 2.24. The molecule has 1 saturated carbocycles. The molecule has 4 rings (SSSR count). The molecule has 3 aromatic rings. The third kappa shape index (κ3) is 4.20. The summed E-state index contributed by atoms with van der Waals surface area (Å²) in [7, 11) is -3.28. The zero-order chi connectivity index (χ0) is 21.3. The van der Waals surface area contributed by atoms with Crippen LogP contribution in [0.15, 0.2) is 64.4 Å². The summed E-state index contributed by atoms with van der Waals surface area (Å²) >= 11 is 6.12. The van der Waals surface area contributed by atoms with E-state index in [1.807, 2.05) is 6.07 Å². The molecule has 156 valence electrons. The summed E-state index contributed by atoms with van der Waals surface area (Å²) in [6, 6.07) is 13.8. The number of sulfone groups is 1. The van der Waals surface area contributed by atoms with Crippen LogP contribution in [0, 0.1) is 0 Å². The Balaban J connectivity index is 1.88. The highest BCUT2D eigenvalue weighted by atomic mass is 35.5. The number of nitrogens with zero attached hydrogens (tertiary/aromatic N) is 2. The van der Waals surface area contributed by atoms with E-state index in [0.717, 1.165) is 42.4 Å². The first kappa shape index (κ1) is 20.8. The molecule has 0 bridgehead atoms. The minimum absolute atomic E-state index is 0.145. The zero-order valence-corrected chi connectivity index (χ0v) is 18.3. The molecular weight excluding hydrogens is 420 g/mol. The Kier molecular flexibility index (Phi) is 5.80. The van der Waals surface area contributed by atoms with Crippen LogP contribution in [-0.2, 0) is 9.84 Å². The van der Waals surface area contributed by atoms with Crippen molar-refractivity contribution >= 4 is 21.4 Å². The molecule has 0 atom stereocenters. The van der Waals surface area contributed by atoms with Crippen molar-refractivity contribution in [2.75, 3.05) is 6.26 Å². The van der Waals surface area contributed by atoms with Crippen molar-refractivity contribution in [3.8, 4) is 16.8 Å². The van der Waals surface area contributed by atoms with Crippen LogP contribution in [0.2, 0.25) is 5.02 Å². The second kappa shape index (κ2) is 8.36. The third-order valence-electron chi connectivity index (χ3n) is 5.67. The van der Waals surface area contributed by atoms with E-state index < -0.39 is 9.84 Å². The van der Waals surface area contributed by atoms with Gasteiger partial charge in [0.25, 0.3) is 5.56 Å². The number of halogens is 1. The molecule has 1 aliphatic rings. The van der Waals surface area contributed by atoms with Crippen molar-refractivity contribution in [1.82, 2.24) is 9.78 Å². The van der Waals surface area contributed by atoms with Gasteiger partial charge in [0.2, 0.25) is 0 Å². The molecule has 0 radical (unpaired) electrons. The maximum atomic E-state index is 13.6. The lowest BCUT2D eigenvalue weighted by Gasteiger charge is -2.24. The molecule has 1 fully saturated rings. The molecule has 1 aliphatic carbocycles. The molecule has 0 N–H and O–H groups in total. The zero-order valence-electron chi connectivity index (χ0n) is 16.7. The Hall–Kier alpha value is -2.44. The summed E-state index contributed by atoms with van der Waals surface area (Å²) in [6.07, 6.45) is 8.19. The highest BCUT2D eigenvalue weighted by molar-refractivity contribution is 7.90. The average molecular weight is 443 g/mol. The van der Waals surface area contributed by atoms with Gasteiger partial charge in [-0.25, -0.2) is 8.42 Å². The molecule has 0 aliphatic heterocycles. The molecule has 5 nitrogen and oxygen atoms in total. The highest BCUT2D eigenvalue weighted by Crippen LogP contribution is 2.36. The van der Waals surface area contributed by atoms with Crippen LogP contribution in [0.5, 0.6) is 0 Å². The van der Waals surface area contributed by atoms with Gasteiger partial charge in [0, 0.05) is 22.4 Å². The topological polar surface area (TPSA) is 69.0 Å². The molecule has 1 aromatic heterocycles. The first-order valence-electron chi connectivity index (χ1n) is 10.0. The van der Waals surface area contributed by atoms with E-state index in [1.165, 1.54) is 17.4 Å². The lowest BCUT2D eigenvalue weighted by molar-refractivity contribution is 0.439. The van der Waals surface area contributed by atoms with E-state index in [2.05, 4.69) is 5.10 Å². The normalized spacial score (nSPS) is 15.3. The van der Waals surface area contributed by atoms with Crippen molar-refractivity contribution in [2.24, 2.45) is 0 Å². The Labute approximate surface area is 181 Å². The van der Waals surface area contributed by atoms with Crippen molar-refractivity contribution < 1.29 is 8.42 Å². The lowest BCUT2D eigenvalue weighted by atomic mass is 9.82. The minimum Gasteiger partial charge on any atom is -0.267 e. The van der Waals surface area contributed by atoms with Crippen LogP contribution in [0.4, 0.5) is 0 Å². The minimum atomic E-state index is -3.28. The number of hydrogen-bond donors (Lipinski definition) is 0. The van der Waals surface area contributed by atoms with Gasteiger partial charge in [-0.2, -0.15) is 9.78 Å². The van der Waals surface area contributed by atoms with Crippen LogP contribution < -0.4 is 5.56 Å². The fourth-order valence-corrected chi connectivity index (χ4v) is 4.97. The van der Waals surface area contributed by atoms with E-state index in [4.69, 9.17) is 11.6 Å². The Morgan fingerprint density at radius 2 is 1.73 bits per heavy atom. The molecule has 0 spiro atoms. The molecule has 2 aromatic carbocycles. The largest absolute Gasteiger partial charge is 0.275 e. The molecule has 0 amide bonds. The molecule has 0 unspecified atom stereocenters. The molecular formula is C23H23ClN2O3S. The average Bonchev–Trinajstić information content (AvgIpc) is 2.73. The number of rotatable bonds is 4. The van der Waals surface area contributed by atoms with Gasteiger partial charge in [-0.05, 0) is 54.7 Å². The maximum Gasteiger partial charge on any atom is 0.275 e. The fourth-order valence-electron chi connectivity index (χ4n) is 4.16. The number of aromatic nitrogens is 2. The Bertz CT molecular complexity index is 1230. The summed E-state index contributed by atoms with van der Waals surface area (Å²) in [4.78, 5) is 13.8. The standard InChI is InChI=1S/C23H23ClN2O3S/c1-30(28,29)20-12-10-16(11-13-20)21-15-25-26(19-9-5-8-18(24)14-19)23(27)22(21)17-6-3-2-4-7-17/h5,8-15,17H,2-4,6-7H2,1H3. The number of benzene rings is 2. The second-order valence-corrected chi connectivity index (χ2v) is 10.3. The summed E-state index contributed by atoms with van der Waals surface area (Å²) in [5.74, 6) is 0.157. The van der Waals surface area contributed by atoms with Gasteiger partial charge in [0.05, 0.1) is 16.8 Å². The maximum absolute atomic E-state index is 13.6. The summed E-state index contributed by atoms with van der Waals surface area (Å²) in [5, 5.41) is 4.96. The lowest BCUT2D eigenvalue weighted by Crippen LogP contribution is -2.28. The summed E-state index contributed by atoms with van der Waals surface area (Å²) < 4.78 is 25.0. The van der Waals surface area contributed by atoms with Crippen molar-refractivity contribution in [3.63, 3.8) is 0 Å². The van der Waals surface area contributed by atoms with Gasteiger partial charge in [-0.1, -0.05) is 49.1 Å². The summed E-state index contributed by atoms with van der Waals surface area (Å²) in [6.45, 7) is 0. The fraction of sp³-hybridized carbons (Fsp3) is 0.304. The van der Waals surface area contributed by atoms with E-state index in [0.29, 0.717) is 10.7 Å². The van der Waals surface area contributed by atoms with Crippen LogP contribution in [-0.4, -0.2) is 24.5 Å². The Morgan fingerprint density at radius 3 is 2.37 bits per heavy atom. The van der Waals surface area contributed by atoms with Crippen molar-refractivity contribution in [3.05, 3.63) is 75.7 Å². The molecule has 7 heteroatoms.